The Labute approximate surface area is 80.2 Å². The molecule has 0 atom stereocenters. The Kier molecular flexibility index (Phi) is 1.85. The largest absolute Gasteiger partial charge is 0.361 e. The summed E-state index contributed by atoms with van der Waals surface area (Å²) in [4.78, 5) is 14.4. The zero-order chi connectivity index (χ0) is 9.42. The Morgan fingerprint density at radius 3 is 2.85 bits per heavy atom. The Morgan fingerprint density at radius 1 is 1.31 bits per heavy atom. The summed E-state index contributed by atoms with van der Waals surface area (Å²) in [6.45, 7) is 1.88. The van der Waals surface area contributed by atoms with E-state index in [-0.39, 0.29) is 5.43 Å². The minimum absolute atomic E-state index is 0.0394. The van der Waals surface area contributed by atoms with Crippen LogP contribution >= 0.6 is 11.6 Å². The lowest BCUT2D eigenvalue weighted by Crippen LogP contribution is -2.01. The van der Waals surface area contributed by atoms with E-state index >= 15 is 0 Å². The fourth-order valence-corrected chi connectivity index (χ4v) is 1.59. The van der Waals surface area contributed by atoms with E-state index in [0.717, 1.165) is 11.1 Å². The van der Waals surface area contributed by atoms with Crippen molar-refractivity contribution >= 4 is 22.5 Å². The molecule has 0 fully saturated rings. The van der Waals surface area contributed by atoms with Gasteiger partial charge in [-0.25, -0.2) is 0 Å². The van der Waals surface area contributed by atoms with Gasteiger partial charge in [0.2, 0.25) is 0 Å². The third-order valence-electron chi connectivity index (χ3n) is 2.05. The van der Waals surface area contributed by atoms with Gasteiger partial charge < -0.3 is 4.98 Å². The molecule has 0 amide bonds. The second kappa shape index (κ2) is 2.89. The molecule has 0 bridgehead atoms. The first kappa shape index (κ1) is 8.32. The average molecular weight is 194 g/mol. The number of fused-ring (bicyclic) bond motifs is 1. The van der Waals surface area contributed by atoms with Gasteiger partial charge >= 0.3 is 0 Å². The van der Waals surface area contributed by atoms with Crippen LogP contribution in [0.5, 0.6) is 0 Å². The molecule has 0 aliphatic heterocycles. The van der Waals surface area contributed by atoms with Crippen LogP contribution in [0.2, 0.25) is 5.02 Å². The number of hydrogen-bond acceptors (Lipinski definition) is 1. The lowest BCUT2D eigenvalue weighted by Gasteiger charge is -2.01. The van der Waals surface area contributed by atoms with Gasteiger partial charge in [0.1, 0.15) is 0 Å². The second-order valence-electron chi connectivity index (χ2n) is 2.96. The molecule has 2 rings (SSSR count). The highest BCUT2D eigenvalue weighted by Gasteiger charge is 2.04. The summed E-state index contributed by atoms with van der Waals surface area (Å²) in [6.07, 6.45) is 1.62. The van der Waals surface area contributed by atoms with Crippen LogP contribution < -0.4 is 5.43 Å². The molecule has 0 aliphatic carbocycles. The number of aromatic nitrogens is 1. The van der Waals surface area contributed by atoms with Crippen molar-refractivity contribution in [1.29, 1.82) is 0 Å². The van der Waals surface area contributed by atoms with Gasteiger partial charge in [0.05, 0.1) is 15.9 Å². The van der Waals surface area contributed by atoms with Crippen molar-refractivity contribution in [3.05, 3.63) is 45.2 Å². The highest BCUT2D eigenvalue weighted by Crippen LogP contribution is 2.22. The van der Waals surface area contributed by atoms with E-state index in [4.69, 9.17) is 11.6 Å². The summed E-state index contributed by atoms with van der Waals surface area (Å²) in [6, 6.07) is 5.23. The summed E-state index contributed by atoms with van der Waals surface area (Å²) in [5.41, 5.74) is 1.66. The zero-order valence-corrected chi connectivity index (χ0v) is 7.85. The van der Waals surface area contributed by atoms with Gasteiger partial charge in [0, 0.05) is 12.3 Å². The number of H-pyrrole nitrogens is 1. The van der Waals surface area contributed by atoms with Crippen LogP contribution in [-0.2, 0) is 0 Å². The van der Waals surface area contributed by atoms with Crippen molar-refractivity contribution in [1.82, 2.24) is 4.98 Å². The molecule has 3 heteroatoms. The van der Waals surface area contributed by atoms with Gasteiger partial charge in [-0.15, -0.1) is 0 Å². The predicted molar refractivity (Wildman–Crippen MR) is 54.3 cm³/mol. The molecule has 0 saturated heterocycles. The van der Waals surface area contributed by atoms with Gasteiger partial charge in [-0.1, -0.05) is 17.7 Å². The molecule has 66 valence electrons. The van der Waals surface area contributed by atoms with Gasteiger partial charge in [-0.2, -0.15) is 0 Å². The van der Waals surface area contributed by atoms with E-state index in [1.54, 1.807) is 6.20 Å². The molecule has 0 unspecified atom stereocenters. The van der Waals surface area contributed by atoms with Crippen LogP contribution in [0.3, 0.4) is 0 Å². The fourth-order valence-electron chi connectivity index (χ4n) is 1.33. The topological polar surface area (TPSA) is 32.9 Å². The first-order chi connectivity index (χ1) is 6.20. The van der Waals surface area contributed by atoms with Gasteiger partial charge in [0.15, 0.2) is 5.43 Å². The SMILES string of the molecule is Cc1ccc2[nH]ccc(=O)c2c1Cl. The van der Waals surface area contributed by atoms with Crippen molar-refractivity contribution in [3.8, 4) is 0 Å². The molecular weight excluding hydrogens is 186 g/mol. The highest BCUT2D eigenvalue weighted by molar-refractivity contribution is 6.36. The smallest absolute Gasteiger partial charge is 0.190 e. The molecule has 0 spiro atoms. The fraction of sp³-hybridized carbons (Fsp3) is 0.100. The molecule has 1 N–H and O–H groups in total. The third kappa shape index (κ3) is 1.23. The van der Waals surface area contributed by atoms with Crippen LogP contribution in [0.1, 0.15) is 5.56 Å². The van der Waals surface area contributed by atoms with Crippen LogP contribution in [0, 0.1) is 6.92 Å². The first-order valence-corrected chi connectivity index (χ1v) is 4.34. The van der Waals surface area contributed by atoms with Crippen LogP contribution in [0.4, 0.5) is 0 Å². The standard InChI is InChI=1S/C10H8ClNO/c1-6-2-3-7-9(10(6)11)8(13)4-5-12-7/h2-5H,1H3,(H,12,13). The van der Waals surface area contributed by atoms with Gasteiger partial charge in [0.25, 0.3) is 0 Å². The van der Waals surface area contributed by atoms with E-state index in [9.17, 15) is 4.79 Å². The zero-order valence-electron chi connectivity index (χ0n) is 7.10. The summed E-state index contributed by atoms with van der Waals surface area (Å²) in [7, 11) is 0. The normalized spacial score (nSPS) is 10.6. The minimum atomic E-state index is -0.0394. The predicted octanol–water partition coefficient (Wildman–Crippen LogP) is 2.49. The van der Waals surface area contributed by atoms with E-state index in [1.165, 1.54) is 6.07 Å². The average Bonchev–Trinajstić information content (AvgIpc) is 2.12. The minimum Gasteiger partial charge on any atom is -0.361 e. The van der Waals surface area contributed by atoms with Crippen molar-refractivity contribution < 1.29 is 0 Å². The summed E-state index contributed by atoms with van der Waals surface area (Å²) in [5, 5.41) is 1.11. The maximum Gasteiger partial charge on any atom is 0.190 e. The highest BCUT2D eigenvalue weighted by atomic mass is 35.5. The number of hydrogen-bond donors (Lipinski definition) is 1. The number of benzene rings is 1. The molecule has 0 radical (unpaired) electrons. The number of pyridine rings is 1. The maximum atomic E-state index is 11.4. The van der Waals surface area contributed by atoms with Crippen molar-refractivity contribution in [3.63, 3.8) is 0 Å². The van der Waals surface area contributed by atoms with E-state index in [0.29, 0.717) is 10.4 Å². The third-order valence-corrected chi connectivity index (χ3v) is 2.54. The Hall–Kier alpha value is -1.28. The van der Waals surface area contributed by atoms with Gasteiger partial charge in [-0.05, 0) is 18.6 Å². The molecule has 2 nitrogen and oxygen atoms in total. The first-order valence-electron chi connectivity index (χ1n) is 3.96. The number of halogens is 1. The van der Waals surface area contributed by atoms with E-state index < -0.39 is 0 Å². The van der Waals surface area contributed by atoms with E-state index in [2.05, 4.69) is 4.98 Å². The molecule has 0 aliphatic rings. The Bertz CT molecular complexity index is 516. The molecule has 0 saturated carbocycles. The molecule has 1 heterocycles. The van der Waals surface area contributed by atoms with Crippen molar-refractivity contribution in [2.45, 2.75) is 6.92 Å². The molecular formula is C10H8ClNO. The monoisotopic (exact) mass is 193 g/mol. The lowest BCUT2D eigenvalue weighted by atomic mass is 10.1. The molecule has 1 aromatic heterocycles. The molecule has 2 aromatic rings. The number of aromatic amines is 1. The molecule has 1 aromatic carbocycles. The number of aryl methyl sites for hydroxylation is 1. The van der Waals surface area contributed by atoms with Crippen LogP contribution in [0.25, 0.3) is 10.9 Å². The Morgan fingerprint density at radius 2 is 2.08 bits per heavy atom. The summed E-state index contributed by atoms with van der Waals surface area (Å²) >= 11 is 6.01. The number of nitrogens with one attached hydrogen (secondary N) is 1. The quantitative estimate of drug-likeness (QED) is 0.685. The summed E-state index contributed by atoms with van der Waals surface area (Å²) < 4.78 is 0. The Balaban J connectivity index is 3.06. The molecule has 13 heavy (non-hydrogen) atoms. The van der Waals surface area contributed by atoms with Crippen molar-refractivity contribution in [2.75, 3.05) is 0 Å². The van der Waals surface area contributed by atoms with Crippen molar-refractivity contribution in [2.24, 2.45) is 0 Å². The maximum absolute atomic E-state index is 11.4. The second-order valence-corrected chi connectivity index (χ2v) is 3.34. The summed E-state index contributed by atoms with van der Waals surface area (Å²) in [5.74, 6) is 0. The number of rotatable bonds is 0. The van der Waals surface area contributed by atoms with Crippen LogP contribution in [-0.4, -0.2) is 4.98 Å². The lowest BCUT2D eigenvalue weighted by molar-refractivity contribution is 1.37. The van der Waals surface area contributed by atoms with Crippen LogP contribution in [0.15, 0.2) is 29.2 Å². The van der Waals surface area contributed by atoms with Gasteiger partial charge in [-0.3, -0.25) is 4.79 Å². The van der Waals surface area contributed by atoms with E-state index in [1.807, 2.05) is 19.1 Å².